The first kappa shape index (κ1) is 9.72. The predicted molar refractivity (Wildman–Crippen MR) is 54.6 cm³/mol. The molecule has 0 aliphatic rings. The number of allylic oxidation sites excluding steroid dienone is 2. The SMILES string of the molecule is CC(=CC=O)CCc1ccccc1. The van der Waals surface area contributed by atoms with Crippen molar-refractivity contribution >= 4 is 6.29 Å². The summed E-state index contributed by atoms with van der Waals surface area (Å²) in [5.41, 5.74) is 2.46. The van der Waals surface area contributed by atoms with Gasteiger partial charge in [0.2, 0.25) is 0 Å². The fraction of sp³-hybridized carbons (Fsp3) is 0.250. The molecule has 1 rings (SSSR count). The Balaban J connectivity index is 2.44. The van der Waals surface area contributed by atoms with Gasteiger partial charge in [0.25, 0.3) is 0 Å². The Morgan fingerprint density at radius 1 is 1.31 bits per heavy atom. The lowest BCUT2D eigenvalue weighted by Crippen LogP contribution is -1.86. The van der Waals surface area contributed by atoms with E-state index in [2.05, 4.69) is 12.1 Å². The summed E-state index contributed by atoms with van der Waals surface area (Å²) in [4.78, 5) is 10.2. The van der Waals surface area contributed by atoms with E-state index in [1.807, 2.05) is 25.1 Å². The molecule has 0 saturated carbocycles. The zero-order valence-electron chi connectivity index (χ0n) is 7.86. The molecule has 0 heterocycles. The zero-order valence-corrected chi connectivity index (χ0v) is 7.86. The number of carbonyl (C=O) groups is 1. The molecule has 1 nitrogen and oxygen atoms in total. The van der Waals surface area contributed by atoms with Crippen molar-refractivity contribution in [3.8, 4) is 0 Å². The third-order valence-electron chi connectivity index (χ3n) is 2.00. The molecule has 0 amide bonds. The maximum absolute atomic E-state index is 10.2. The van der Waals surface area contributed by atoms with E-state index >= 15 is 0 Å². The largest absolute Gasteiger partial charge is 0.299 e. The fourth-order valence-corrected chi connectivity index (χ4v) is 1.19. The Hall–Kier alpha value is -1.37. The van der Waals surface area contributed by atoms with Crippen LogP contribution in [0.25, 0.3) is 0 Å². The summed E-state index contributed by atoms with van der Waals surface area (Å²) in [5.74, 6) is 0. The van der Waals surface area contributed by atoms with Crippen LogP contribution in [0.5, 0.6) is 0 Å². The Morgan fingerprint density at radius 3 is 2.62 bits per heavy atom. The van der Waals surface area contributed by atoms with E-state index in [4.69, 9.17) is 0 Å². The van der Waals surface area contributed by atoms with Crippen LogP contribution in [0.3, 0.4) is 0 Å². The highest BCUT2D eigenvalue weighted by atomic mass is 16.1. The maximum Gasteiger partial charge on any atom is 0.142 e. The molecule has 0 bridgehead atoms. The number of rotatable bonds is 4. The lowest BCUT2D eigenvalue weighted by Gasteiger charge is -2.00. The van der Waals surface area contributed by atoms with Gasteiger partial charge in [-0.15, -0.1) is 0 Å². The lowest BCUT2D eigenvalue weighted by molar-refractivity contribution is -0.104. The Kier molecular flexibility index (Phi) is 3.97. The van der Waals surface area contributed by atoms with E-state index in [9.17, 15) is 4.79 Å². The van der Waals surface area contributed by atoms with Crippen LogP contribution in [0.2, 0.25) is 0 Å². The average molecular weight is 174 g/mol. The molecule has 1 aromatic rings. The topological polar surface area (TPSA) is 17.1 Å². The van der Waals surface area contributed by atoms with Gasteiger partial charge in [0.15, 0.2) is 0 Å². The molecule has 0 N–H and O–H groups in total. The van der Waals surface area contributed by atoms with E-state index in [1.54, 1.807) is 6.08 Å². The van der Waals surface area contributed by atoms with Gasteiger partial charge in [0.05, 0.1) is 0 Å². The number of aryl methyl sites for hydroxylation is 1. The van der Waals surface area contributed by atoms with E-state index < -0.39 is 0 Å². The second-order valence-corrected chi connectivity index (χ2v) is 3.13. The first-order valence-electron chi connectivity index (χ1n) is 4.48. The third-order valence-corrected chi connectivity index (χ3v) is 2.00. The van der Waals surface area contributed by atoms with E-state index in [-0.39, 0.29) is 0 Å². The first-order valence-corrected chi connectivity index (χ1v) is 4.48. The lowest BCUT2D eigenvalue weighted by atomic mass is 10.1. The Morgan fingerprint density at radius 2 is 2.00 bits per heavy atom. The third kappa shape index (κ3) is 3.70. The maximum atomic E-state index is 10.2. The van der Waals surface area contributed by atoms with Gasteiger partial charge >= 0.3 is 0 Å². The van der Waals surface area contributed by atoms with E-state index in [0.717, 1.165) is 24.7 Å². The minimum Gasteiger partial charge on any atom is -0.299 e. The molecule has 13 heavy (non-hydrogen) atoms. The molecule has 1 heteroatoms. The minimum atomic E-state index is 0.848. The minimum absolute atomic E-state index is 0.848. The van der Waals surface area contributed by atoms with Gasteiger partial charge in [-0.2, -0.15) is 0 Å². The van der Waals surface area contributed by atoms with Crippen LogP contribution >= 0.6 is 0 Å². The van der Waals surface area contributed by atoms with E-state index in [1.165, 1.54) is 5.56 Å². The molecule has 0 fully saturated rings. The highest BCUT2D eigenvalue weighted by molar-refractivity contribution is 5.65. The van der Waals surface area contributed by atoms with Gasteiger partial charge in [0, 0.05) is 0 Å². The van der Waals surface area contributed by atoms with Gasteiger partial charge in [-0.05, 0) is 31.4 Å². The second-order valence-electron chi connectivity index (χ2n) is 3.13. The Labute approximate surface area is 79.1 Å². The summed E-state index contributed by atoms with van der Waals surface area (Å²) >= 11 is 0. The summed E-state index contributed by atoms with van der Waals surface area (Å²) in [6.07, 6.45) is 4.45. The average Bonchev–Trinajstić information content (AvgIpc) is 2.17. The van der Waals surface area contributed by atoms with Crippen LogP contribution < -0.4 is 0 Å². The van der Waals surface area contributed by atoms with Crippen LogP contribution in [-0.4, -0.2) is 6.29 Å². The van der Waals surface area contributed by atoms with Crippen LogP contribution in [0, 0.1) is 0 Å². The summed E-state index contributed by atoms with van der Waals surface area (Å²) in [6.45, 7) is 1.98. The number of carbonyl (C=O) groups excluding carboxylic acids is 1. The van der Waals surface area contributed by atoms with Crippen LogP contribution in [0.15, 0.2) is 42.0 Å². The van der Waals surface area contributed by atoms with Crippen LogP contribution in [0.1, 0.15) is 18.9 Å². The summed E-state index contributed by atoms with van der Waals surface area (Å²) in [5, 5.41) is 0. The number of aldehydes is 1. The van der Waals surface area contributed by atoms with Gasteiger partial charge in [-0.1, -0.05) is 35.9 Å². The van der Waals surface area contributed by atoms with Crippen LogP contribution in [0.4, 0.5) is 0 Å². The summed E-state index contributed by atoms with van der Waals surface area (Å²) in [6, 6.07) is 10.3. The molecule has 1 aromatic carbocycles. The Bertz CT molecular complexity index is 285. The number of hydrogen-bond donors (Lipinski definition) is 0. The van der Waals surface area contributed by atoms with Crippen molar-refractivity contribution in [3.05, 3.63) is 47.5 Å². The van der Waals surface area contributed by atoms with E-state index in [0.29, 0.717) is 0 Å². The molecule has 0 atom stereocenters. The molecular formula is C12H14O. The molecule has 0 unspecified atom stereocenters. The quantitative estimate of drug-likeness (QED) is 0.506. The molecule has 0 aliphatic heterocycles. The van der Waals surface area contributed by atoms with Gasteiger partial charge in [-0.3, -0.25) is 4.79 Å². The van der Waals surface area contributed by atoms with Gasteiger partial charge in [-0.25, -0.2) is 0 Å². The molecule has 0 aliphatic carbocycles. The van der Waals surface area contributed by atoms with Crippen molar-refractivity contribution in [3.63, 3.8) is 0 Å². The smallest absolute Gasteiger partial charge is 0.142 e. The summed E-state index contributed by atoms with van der Waals surface area (Å²) < 4.78 is 0. The summed E-state index contributed by atoms with van der Waals surface area (Å²) in [7, 11) is 0. The van der Waals surface area contributed by atoms with Crippen molar-refractivity contribution in [1.29, 1.82) is 0 Å². The van der Waals surface area contributed by atoms with Crippen molar-refractivity contribution in [2.24, 2.45) is 0 Å². The molecule has 0 spiro atoms. The fourth-order valence-electron chi connectivity index (χ4n) is 1.19. The zero-order chi connectivity index (χ0) is 9.52. The van der Waals surface area contributed by atoms with Gasteiger partial charge < -0.3 is 0 Å². The normalized spacial score (nSPS) is 11.3. The van der Waals surface area contributed by atoms with Crippen molar-refractivity contribution < 1.29 is 4.79 Å². The van der Waals surface area contributed by atoms with Gasteiger partial charge in [0.1, 0.15) is 6.29 Å². The highest BCUT2D eigenvalue weighted by Gasteiger charge is 1.92. The molecule has 0 radical (unpaired) electrons. The number of benzene rings is 1. The molecule has 68 valence electrons. The van der Waals surface area contributed by atoms with Crippen molar-refractivity contribution in [1.82, 2.24) is 0 Å². The monoisotopic (exact) mass is 174 g/mol. The van der Waals surface area contributed by atoms with Crippen LogP contribution in [-0.2, 0) is 11.2 Å². The predicted octanol–water partition coefficient (Wildman–Crippen LogP) is 2.76. The second kappa shape index (κ2) is 5.31. The molecule has 0 saturated heterocycles. The standard InChI is InChI=1S/C12H14O/c1-11(9-10-13)7-8-12-5-3-2-4-6-12/h2-6,9-10H,7-8H2,1H3. The molecule has 0 aromatic heterocycles. The highest BCUT2D eigenvalue weighted by Crippen LogP contribution is 2.07. The first-order chi connectivity index (χ1) is 6.33. The molecular weight excluding hydrogens is 160 g/mol. The van der Waals surface area contributed by atoms with Crippen molar-refractivity contribution in [2.75, 3.05) is 0 Å². The number of hydrogen-bond acceptors (Lipinski definition) is 1. The van der Waals surface area contributed by atoms with Crippen molar-refractivity contribution in [2.45, 2.75) is 19.8 Å².